The molecule has 4 nitrogen and oxygen atoms in total. The highest BCUT2D eigenvalue weighted by molar-refractivity contribution is 7.88. The molecule has 2 rings (SSSR count). The molecule has 22 heavy (non-hydrogen) atoms. The third kappa shape index (κ3) is 6.65. The van der Waals surface area contributed by atoms with Crippen LogP contribution in [-0.4, -0.2) is 39.5 Å². The van der Waals surface area contributed by atoms with Gasteiger partial charge in [-0.2, -0.15) is 0 Å². The molecule has 1 N–H and O–H groups in total. The van der Waals surface area contributed by atoms with Gasteiger partial charge in [0, 0.05) is 11.6 Å². The van der Waals surface area contributed by atoms with E-state index in [2.05, 4.69) is 9.62 Å². The second-order valence-electron chi connectivity index (χ2n) is 5.89. The van der Waals surface area contributed by atoms with Gasteiger partial charge in [-0.1, -0.05) is 36.6 Å². The first kappa shape index (κ1) is 17.7. The van der Waals surface area contributed by atoms with Crippen LogP contribution in [0, 0.1) is 0 Å². The van der Waals surface area contributed by atoms with Crippen molar-refractivity contribution in [3.05, 3.63) is 34.9 Å². The molecule has 1 fully saturated rings. The van der Waals surface area contributed by atoms with Crippen LogP contribution in [-0.2, 0) is 15.8 Å². The predicted octanol–water partition coefficient (Wildman–Crippen LogP) is 3.03. The lowest BCUT2D eigenvalue weighted by Crippen LogP contribution is -2.31. The molecule has 1 heterocycles. The van der Waals surface area contributed by atoms with Gasteiger partial charge in [0.05, 0.1) is 5.75 Å². The molecule has 6 heteroatoms. The van der Waals surface area contributed by atoms with E-state index in [-0.39, 0.29) is 5.75 Å². The zero-order valence-corrected chi connectivity index (χ0v) is 14.5. The van der Waals surface area contributed by atoms with E-state index in [0.29, 0.717) is 17.1 Å². The average molecular weight is 345 g/mol. The van der Waals surface area contributed by atoms with Gasteiger partial charge in [0.15, 0.2) is 0 Å². The highest BCUT2D eigenvalue weighted by Gasteiger charge is 2.12. The van der Waals surface area contributed by atoms with E-state index in [1.807, 2.05) is 0 Å². The first-order chi connectivity index (χ1) is 10.6. The van der Waals surface area contributed by atoms with E-state index in [1.54, 1.807) is 24.3 Å². The van der Waals surface area contributed by atoms with Crippen LogP contribution in [0.5, 0.6) is 0 Å². The van der Waals surface area contributed by atoms with Crippen LogP contribution in [0.3, 0.4) is 0 Å². The molecule has 1 saturated heterocycles. The van der Waals surface area contributed by atoms with Gasteiger partial charge in [0.2, 0.25) is 10.0 Å². The number of nitrogens with zero attached hydrogens (tertiary/aromatic N) is 1. The monoisotopic (exact) mass is 344 g/mol. The van der Waals surface area contributed by atoms with Crippen molar-refractivity contribution in [2.45, 2.75) is 37.9 Å². The third-order valence-corrected chi connectivity index (χ3v) is 5.51. The molecule has 1 aromatic carbocycles. The Kier molecular flexibility index (Phi) is 7.15. The largest absolute Gasteiger partial charge is 0.303 e. The van der Waals surface area contributed by atoms with Crippen molar-refractivity contribution in [3.8, 4) is 0 Å². The molecule has 0 aromatic heterocycles. The molecule has 1 aliphatic rings. The smallest absolute Gasteiger partial charge is 0.215 e. The van der Waals surface area contributed by atoms with Crippen LogP contribution in [0.2, 0.25) is 5.02 Å². The summed E-state index contributed by atoms with van der Waals surface area (Å²) < 4.78 is 26.8. The lowest BCUT2D eigenvalue weighted by atomic mass is 10.2. The van der Waals surface area contributed by atoms with Crippen molar-refractivity contribution in [2.75, 3.05) is 26.2 Å². The van der Waals surface area contributed by atoms with Crippen LogP contribution in [0.1, 0.15) is 37.7 Å². The summed E-state index contributed by atoms with van der Waals surface area (Å²) in [5.74, 6) is -0.0166. The van der Waals surface area contributed by atoms with Gasteiger partial charge in [0.25, 0.3) is 0 Å². The maximum absolute atomic E-state index is 12.0. The minimum Gasteiger partial charge on any atom is -0.303 e. The van der Waals surface area contributed by atoms with Crippen molar-refractivity contribution in [1.29, 1.82) is 0 Å². The Balaban J connectivity index is 1.70. The Bertz CT molecular complexity index is 555. The summed E-state index contributed by atoms with van der Waals surface area (Å²) in [5.41, 5.74) is 0.715. The maximum Gasteiger partial charge on any atom is 0.215 e. The number of hydrogen-bond acceptors (Lipinski definition) is 3. The first-order valence-electron chi connectivity index (χ1n) is 7.99. The molecule has 124 valence electrons. The van der Waals surface area contributed by atoms with Crippen LogP contribution in [0.4, 0.5) is 0 Å². The van der Waals surface area contributed by atoms with Crippen LogP contribution in [0.25, 0.3) is 0 Å². The highest BCUT2D eigenvalue weighted by atomic mass is 35.5. The SMILES string of the molecule is O=S(=O)(Cc1cccc(Cl)c1)NCCCN1CCCCCC1. The molecule has 0 saturated carbocycles. The number of hydrogen-bond donors (Lipinski definition) is 1. The predicted molar refractivity (Wildman–Crippen MR) is 91.6 cm³/mol. The number of rotatable bonds is 7. The van der Waals surface area contributed by atoms with Gasteiger partial charge in [-0.05, 0) is 56.6 Å². The normalized spacial score (nSPS) is 17.3. The molecule has 0 aliphatic carbocycles. The number of sulfonamides is 1. The van der Waals surface area contributed by atoms with E-state index >= 15 is 0 Å². The molecule has 0 spiro atoms. The van der Waals surface area contributed by atoms with Gasteiger partial charge in [-0.15, -0.1) is 0 Å². The molecular formula is C16H25ClN2O2S. The zero-order chi connectivity index (χ0) is 15.8. The second kappa shape index (κ2) is 8.87. The summed E-state index contributed by atoms with van der Waals surface area (Å²) in [4.78, 5) is 2.44. The van der Waals surface area contributed by atoms with Crippen LogP contribution < -0.4 is 4.72 Å². The molecule has 0 unspecified atom stereocenters. The fourth-order valence-electron chi connectivity index (χ4n) is 2.79. The molecule has 0 amide bonds. The first-order valence-corrected chi connectivity index (χ1v) is 10.0. The molecular weight excluding hydrogens is 320 g/mol. The Morgan fingerprint density at radius 1 is 1.14 bits per heavy atom. The summed E-state index contributed by atoms with van der Waals surface area (Å²) in [6.45, 7) is 3.77. The number of halogens is 1. The number of likely N-dealkylation sites (tertiary alicyclic amines) is 1. The quantitative estimate of drug-likeness (QED) is 0.773. The Hall–Kier alpha value is -0.620. The van der Waals surface area contributed by atoms with E-state index in [9.17, 15) is 8.42 Å². The minimum absolute atomic E-state index is 0.0166. The summed E-state index contributed by atoms with van der Waals surface area (Å²) in [6.07, 6.45) is 6.03. The van der Waals surface area contributed by atoms with Crippen molar-refractivity contribution >= 4 is 21.6 Å². The minimum atomic E-state index is -3.29. The van der Waals surface area contributed by atoms with Crippen LogP contribution in [0.15, 0.2) is 24.3 Å². The summed E-state index contributed by atoms with van der Waals surface area (Å²) in [6, 6.07) is 6.99. The van der Waals surface area contributed by atoms with E-state index < -0.39 is 10.0 Å². The Labute approximate surface area is 138 Å². The summed E-state index contributed by atoms with van der Waals surface area (Å²) >= 11 is 5.88. The van der Waals surface area contributed by atoms with E-state index in [1.165, 1.54) is 25.7 Å². The van der Waals surface area contributed by atoms with E-state index in [0.717, 1.165) is 26.1 Å². The fraction of sp³-hybridized carbons (Fsp3) is 0.625. The number of benzene rings is 1. The number of nitrogens with one attached hydrogen (secondary N) is 1. The molecule has 1 aromatic rings. The molecule has 0 bridgehead atoms. The Morgan fingerprint density at radius 3 is 2.55 bits per heavy atom. The highest BCUT2D eigenvalue weighted by Crippen LogP contribution is 2.13. The zero-order valence-electron chi connectivity index (χ0n) is 12.9. The van der Waals surface area contributed by atoms with Crippen LogP contribution >= 0.6 is 11.6 Å². The van der Waals surface area contributed by atoms with Crippen molar-refractivity contribution in [3.63, 3.8) is 0 Å². The molecule has 1 aliphatic heterocycles. The fourth-order valence-corrected chi connectivity index (χ4v) is 4.18. The topological polar surface area (TPSA) is 49.4 Å². The maximum atomic E-state index is 12.0. The average Bonchev–Trinajstić information content (AvgIpc) is 2.72. The van der Waals surface area contributed by atoms with Gasteiger partial charge in [-0.3, -0.25) is 0 Å². The lowest BCUT2D eigenvalue weighted by Gasteiger charge is -2.19. The Morgan fingerprint density at radius 2 is 1.86 bits per heavy atom. The van der Waals surface area contributed by atoms with Gasteiger partial charge in [0.1, 0.15) is 0 Å². The molecule has 0 radical (unpaired) electrons. The van der Waals surface area contributed by atoms with Gasteiger partial charge in [-0.25, -0.2) is 13.1 Å². The lowest BCUT2D eigenvalue weighted by molar-refractivity contribution is 0.282. The third-order valence-electron chi connectivity index (χ3n) is 3.92. The van der Waals surface area contributed by atoms with Crippen molar-refractivity contribution < 1.29 is 8.42 Å². The van der Waals surface area contributed by atoms with Crippen molar-refractivity contribution in [2.24, 2.45) is 0 Å². The standard InChI is InChI=1S/C16H25ClN2O2S/c17-16-8-5-7-15(13-16)14-22(20,21)18-9-6-12-19-10-3-1-2-4-11-19/h5,7-8,13,18H,1-4,6,9-12,14H2. The van der Waals surface area contributed by atoms with Gasteiger partial charge >= 0.3 is 0 Å². The summed E-state index contributed by atoms with van der Waals surface area (Å²) in [7, 11) is -3.29. The summed E-state index contributed by atoms with van der Waals surface area (Å²) in [5, 5.41) is 0.564. The van der Waals surface area contributed by atoms with Crippen molar-refractivity contribution in [1.82, 2.24) is 9.62 Å². The second-order valence-corrected chi connectivity index (χ2v) is 8.14. The molecule has 0 atom stereocenters. The van der Waals surface area contributed by atoms with E-state index in [4.69, 9.17) is 11.6 Å². The van der Waals surface area contributed by atoms with Gasteiger partial charge < -0.3 is 4.90 Å².